The second-order valence-electron chi connectivity index (χ2n) is 6.68. The molecular weight excluding hydrogens is 332 g/mol. The van der Waals surface area contributed by atoms with Gasteiger partial charge in [0, 0.05) is 18.0 Å². The van der Waals surface area contributed by atoms with E-state index in [-0.39, 0.29) is 16.1 Å². The Morgan fingerprint density at radius 2 is 1.83 bits per heavy atom. The third kappa shape index (κ3) is 3.27. The highest BCUT2D eigenvalue weighted by Crippen LogP contribution is 2.37. The Bertz CT molecular complexity index is 723. The van der Waals surface area contributed by atoms with E-state index in [1.807, 2.05) is 6.92 Å². The average molecular weight is 354 g/mol. The third-order valence-electron chi connectivity index (χ3n) is 4.36. The van der Waals surface area contributed by atoms with Crippen LogP contribution in [-0.4, -0.2) is 37.0 Å². The van der Waals surface area contributed by atoms with Crippen LogP contribution in [0.2, 0.25) is 0 Å². The van der Waals surface area contributed by atoms with Gasteiger partial charge in [0.15, 0.2) is 0 Å². The van der Waals surface area contributed by atoms with Crippen molar-refractivity contribution in [2.45, 2.75) is 42.2 Å². The molecule has 1 N–H and O–H groups in total. The van der Waals surface area contributed by atoms with Crippen LogP contribution in [0.25, 0.3) is 0 Å². The molecule has 0 unspecified atom stereocenters. The van der Waals surface area contributed by atoms with E-state index in [1.54, 1.807) is 22.5 Å². The van der Waals surface area contributed by atoms with E-state index in [4.69, 9.17) is 0 Å². The van der Waals surface area contributed by atoms with Crippen LogP contribution in [0.1, 0.15) is 27.2 Å². The molecule has 23 heavy (non-hydrogen) atoms. The van der Waals surface area contributed by atoms with Gasteiger partial charge in [-0.3, -0.25) is 4.79 Å². The number of piperidine rings is 1. The van der Waals surface area contributed by atoms with Crippen molar-refractivity contribution in [1.82, 2.24) is 4.31 Å². The number of nitrogens with zero attached hydrogens (tertiary/aromatic N) is 1. The summed E-state index contributed by atoms with van der Waals surface area (Å²) in [5.41, 5.74) is 0.595. The van der Waals surface area contributed by atoms with E-state index in [0.29, 0.717) is 30.6 Å². The second kappa shape index (κ2) is 6.11. The predicted molar refractivity (Wildman–Crippen MR) is 92.1 cm³/mol. The molecule has 2 aliphatic rings. The van der Waals surface area contributed by atoms with Crippen LogP contribution in [0, 0.1) is 11.8 Å². The van der Waals surface area contributed by atoms with Crippen LogP contribution < -0.4 is 5.32 Å². The Morgan fingerprint density at radius 1 is 1.17 bits per heavy atom. The number of rotatable bonds is 2. The van der Waals surface area contributed by atoms with Crippen molar-refractivity contribution in [1.29, 1.82) is 0 Å². The predicted octanol–water partition coefficient (Wildman–Crippen LogP) is 2.79. The van der Waals surface area contributed by atoms with Gasteiger partial charge in [0.25, 0.3) is 0 Å². The summed E-state index contributed by atoms with van der Waals surface area (Å²) in [6, 6.07) is 5.03. The van der Waals surface area contributed by atoms with Crippen molar-refractivity contribution in [3.63, 3.8) is 0 Å². The lowest BCUT2D eigenvalue weighted by molar-refractivity contribution is -0.115. The molecular formula is C16H22N2O3S2. The van der Waals surface area contributed by atoms with Crippen molar-refractivity contribution < 1.29 is 13.2 Å². The molecule has 0 aliphatic carbocycles. The number of carbonyl (C=O) groups excluding carboxylic acids is 1. The number of carbonyl (C=O) groups is 1. The summed E-state index contributed by atoms with van der Waals surface area (Å²) in [6.07, 6.45) is 1.06. The minimum atomic E-state index is -3.52. The number of hydrogen-bond acceptors (Lipinski definition) is 4. The zero-order valence-electron chi connectivity index (χ0n) is 13.6. The van der Waals surface area contributed by atoms with Crippen molar-refractivity contribution in [2.75, 3.05) is 18.4 Å². The monoisotopic (exact) mass is 354 g/mol. The van der Waals surface area contributed by atoms with Crippen LogP contribution in [0.4, 0.5) is 5.69 Å². The smallest absolute Gasteiger partial charge is 0.243 e. The van der Waals surface area contributed by atoms with Crippen molar-refractivity contribution in [2.24, 2.45) is 11.8 Å². The highest BCUT2D eigenvalue weighted by atomic mass is 32.2. The summed E-state index contributed by atoms with van der Waals surface area (Å²) in [5, 5.41) is 2.64. The topological polar surface area (TPSA) is 66.5 Å². The fraction of sp³-hybridized carbons (Fsp3) is 0.562. The quantitative estimate of drug-likeness (QED) is 0.887. The fourth-order valence-corrected chi connectivity index (χ4v) is 5.94. The molecule has 1 fully saturated rings. The number of sulfonamides is 1. The molecule has 0 saturated carbocycles. The molecule has 1 aromatic rings. The van der Waals surface area contributed by atoms with Crippen LogP contribution in [0.15, 0.2) is 28.0 Å². The number of benzene rings is 1. The molecule has 0 radical (unpaired) electrons. The molecule has 7 heteroatoms. The molecule has 3 atom stereocenters. The summed E-state index contributed by atoms with van der Waals surface area (Å²) in [7, 11) is -3.52. The first-order chi connectivity index (χ1) is 10.8. The summed E-state index contributed by atoms with van der Waals surface area (Å²) in [6.45, 7) is 7.13. The van der Waals surface area contributed by atoms with Gasteiger partial charge < -0.3 is 5.32 Å². The third-order valence-corrected chi connectivity index (χ3v) is 7.36. The first kappa shape index (κ1) is 16.8. The van der Waals surface area contributed by atoms with Crippen LogP contribution in [0.3, 0.4) is 0 Å². The zero-order valence-corrected chi connectivity index (χ0v) is 15.2. The normalized spacial score (nSPS) is 29.0. The number of thioether (sulfide) groups is 1. The van der Waals surface area contributed by atoms with E-state index in [1.165, 1.54) is 11.8 Å². The second-order valence-corrected chi connectivity index (χ2v) is 10.00. The van der Waals surface area contributed by atoms with E-state index in [2.05, 4.69) is 19.2 Å². The van der Waals surface area contributed by atoms with Gasteiger partial charge in [-0.05, 0) is 43.4 Å². The van der Waals surface area contributed by atoms with Crippen molar-refractivity contribution in [3.8, 4) is 0 Å². The minimum Gasteiger partial charge on any atom is -0.324 e. The molecule has 0 spiro atoms. The molecule has 0 aromatic heterocycles. The highest BCUT2D eigenvalue weighted by Gasteiger charge is 2.33. The van der Waals surface area contributed by atoms with Crippen LogP contribution in [-0.2, 0) is 14.8 Å². The van der Waals surface area contributed by atoms with E-state index < -0.39 is 10.0 Å². The van der Waals surface area contributed by atoms with Gasteiger partial charge in [0.1, 0.15) is 0 Å². The number of nitrogens with one attached hydrogen (secondary N) is 1. The zero-order chi connectivity index (χ0) is 16.8. The fourth-order valence-electron chi connectivity index (χ4n) is 3.30. The van der Waals surface area contributed by atoms with Gasteiger partial charge in [-0.25, -0.2) is 8.42 Å². The summed E-state index contributed by atoms with van der Waals surface area (Å²) in [5.74, 6) is 0.641. The molecule has 126 valence electrons. The first-order valence-corrected chi connectivity index (χ1v) is 10.2. The maximum Gasteiger partial charge on any atom is 0.243 e. The minimum absolute atomic E-state index is 0.0859. The molecule has 1 amide bonds. The van der Waals surface area contributed by atoms with Gasteiger partial charge >= 0.3 is 0 Å². The maximum atomic E-state index is 12.9. The molecule has 0 bridgehead atoms. The molecule has 1 saturated heterocycles. The lowest BCUT2D eigenvalue weighted by Crippen LogP contribution is -2.42. The van der Waals surface area contributed by atoms with Gasteiger partial charge in [-0.1, -0.05) is 13.8 Å². The van der Waals surface area contributed by atoms with Gasteiger partial charge in [0.05, 0.1) is 15.8 Å². The number of hydrogen-bond donors (Lipinski definition) is 1. The number of fused-ring (bicyclic) bond motifs is 1. The van der Waals surface area contributed by atoms with Crippen molar-refractivity contribution >= 4 is 33.4 Å². The molecule has 1 aromatic carbocycles. The summed E-state index contributed by atoms with van der Waals surface area (Å²) < 4.78 is 27.4. The van der Waals surface area contributed by atoms with Gasteiger partial charge in [-0.15, -0.1) is 11.8 Å². The summed E-state index contributed by atoms with van der Waals surface area (Å²) >= 11 is 1.46. The molecule has 2 heterocycles. The van der Waals surface area contributed by atoms with E-state index in [0.717, 1.165) is 11.3 Å². The Balaban J connectivity index is 1.92. The SMILES string of the molecule is C[C@@H]1C[C@H](C)CN(S(=O)(=O)c2ccc3c(c2)NC(=O)[C@H](C)S3)C1. The van der Waals surface area contributed by atoms with Crippen LogP contribution in [0.5, 0.6) is 0 Å². The standard InChI is InChI=1S/C16H22N2O3S2/c1-10-6-11(2)9-18(8-10)23(20,21)13-4-5-15-14(7-13)17-16(19)12(3)22-15/h4-5,7,10-12H,6,8-9H2,1-3H3,(H,17,19)/t10-,11+,12-/m0/s1. The lowest BCUT2D eigenvalue weighted by Gasteiger charge is -2.34. The Kier molecular flexibility index (Phi) is 4.46. The van der Waals surface area contributed by atoms with Gasteiger partial charge in [-0.2, -0.15) is 4.31 Å². The molecule has 5 nitrogen and oxygen atoms in total. The largest absolute Gasteiger partial charge is 0.324 e. The van der Waals surface area contributed by atoms with Crippen LogP contribution >= 0.6 is 11.8 Å². The maximum absolute atomic E-state index is 12.9. The van der Waals surface area contributed by atoms with Crippen molar-refractivity contribution in [3.05, 3.63) is 18.2 Å². The van der Waals surface area contributed by atoms with E-state index >= 15 is 0 Å². The Morgan fingerprint density at radius 3 is 2.48 bits per heavy atom. The average Bonchev–Trinajstić information content (AvgIpc) is 2.47. The lowest BCUT2D eigenvalue weighted by atomic mass is 9.94. The molecule has 3 rings (SSSR count). The Hall–Kier alpha value is -1.05. The molecule has 2 aliphatic heterocycles. The van der Waals surface area contributed by atoms with Gasteiger partial charge in [0.2, 0.25) is 15.9 Å². The highest BCUT2D eigenvalue weighted by molar-refractivity contribution is 8.01. The number of amides is 1. The summed E-state index contributed by atoms with van der Waals surface area (Å²) in [4.78, 5) is 13.0. The first-order valence-electron chi connectivity index (χ1n) is 7.89. The van der Waals surface area contributed by atoms with E-state index in [9.17, 15) is 13.2 Å². The Labute approximate surface area is 141 Å². The number of anilines is 1.